The highest BCUT2D eigenvalue weighted by molar-refractivity contribution is 5.99. The third-order valence-electron chi connectivity index (χ3n) is 3.37. The van der Waals surface area contributed by atoms with E-state index in [2.05, 4.69) is 16.0 Å². The highest BCUT2D eigenvalue weighted by Gasteiger charge is 2.23. The number of hydrogen-bond acceptors (Lipinski definition) is 6. The summed E-state index contributed by atoms with van der Waals surface area (Å²) in [6.45, 7) is 1.09. The minimum atomic E-state index is -0.656. The van der Waals surface area contributed by atoms with Crippen LogP contribution < -0.4 is 27.4 Å². The molecule has 1 rings (SSSR count). The molecule has 8 heteroatoms. The van der Waals surface area contributed by atoms with E-state index in [-0.39, 0.29) is 18.5 Å². The van der Waals surface area contributed by atoms with Gasteiger partial charge in [-0.25, -0.2) is 0 Å². The van der Waals surface area contributed by atoms with Gasteiger partial charge in [0.05, 0.1) is 18.6 Å². The second-order valence-corrected chi connectivity index (χ2v) is 5.17. The molecule has 7 N–H and O–H groups in total. The molecule has 1 aliphatic rings. The number of imide groups is 1. The quantitative estimate of drug-likeness (QED) is 0.327. The van der Waals surface area contributed by atoms with Gasteiger partial charge in [0.15, 0.2) is 0 Å². The van der Waals surface area contributed by atoms with Crippen LogP contribution in [0.2, 0.25) is 0 Å². The van der Waals surface area contributed by atoms with Crippen molar-refractivity contribution in [2.45, 2.75) is 44.2 Å². The second-order valence-electron chi connectivity index (χ2n) is 5.17. The van der Waals surface area contributed by atoms with Gasteiger partial charge in [-0.3, -0.25) is 19.7 Å². The van der Waals surface area contributed by atoms with Gasteiger partial charge in [-0.15, -0.1) is 0 Å². The lowest BCUT2D eigenvalue weighted by atomic mass is 10.1. The van der Waals surface area contributed by atoms with E-state index in [1.807, 2.05) is 0 Å². The molecule has 3 amide bonds. The van der Waals surface area contributed by atoms with Gasteiger partial charge in [0.2, 0.25) is 17.7 Å². The zero-order chi connectivity index (χ0) is 15.7. The number of nitrogens with two attached hydrogens (primary N) is 2. The Bertz CT molecular complexity index is 369. The molecule has 0 aliphatic carbocycles. The van der Waals surface area contributed by atoms with Gasteiger partial charge in [0.1, 0.15) is 0 Å². The topological polar surface area (TPSA) is 139 Å². The van der Waals surface area contributed by atoms with Gasteiger partial charge in [0, 0.05) is 0 Å². The predicted molar refractivity (Wildman–Crippen MR) is 78.1 cm³/mol. The molecule has 1 fully saturated rings. The first-order valence-corrected chi connectivity index (χ1v) is 7.35. The number of carbonyl (C=O) groups is 3. The van der Waals surface area contributed by atoms with E-state index in [1.165, 1.54) is 0 Å². The number of unbranched alkanes of at least 4 members (excludes halogenated alkanes) is 1. The highest BCUT2D eigenvalue weighted by Crippen LogP contribution is 2.04. The molecular formula is C13H25N5O3. The van der Waals surface area contributed by atoms with E-state index in [1.54, 1.807) is 0 Å². The van der Waals surface area contributed by atoms with Gasteiger partial charge in [-0.1, -0.05) is 6.42 Å². The summed E-state index contributed by atoms with van der Waals surface area (Å²) in [5.41, 5.74) is 11.0. The summed E-state index contributed by atoms with van der Waals surface area (Å²) in [4.78, 5) is 34.9. The van der Waals surface area contributed by atoms with Crippen LogP contribution in [0.4, 0.5) is 0 Å². The molecule has 0 spiro atoms. The largest absolute Gasteiger partial charge is 0.346 e. The number of rotatable bonds is 8. The molecule has 0 radical (unpaired) electrons. The van der Waals surface area contributed by atoms with Crippen LogP contribution in [0.15, 0.2) is 0 Å². The molecular weight excluding hydrogens is 274 g/mol. The van der Waals surface area contributed by atoms with Crippen molar-refractivity contribution in [3.8, 4) is 0 Å². The lowest BCUT2D eigenvalue weighted by Gasteiger charge is -2.13. The molecule has 0 bridgehead atoms. The minimum Gasteiger partial charge on any atom is -0.346 e. The second kappa shape index (κ2) is 9.43. The monoisotopic (exact) mass is 299 g/mol. The third kappa shape index (κ3) is 6.65. The molecule has 1 heterocycles. The van der Waals surface area contributed by atoms with Gasteiger partial charge >= 0.3 is 0 Å². The third-order valence-corrected chi connectivity index (χ3v) is 3.37. The van der Waals surface area contributed by atoms with E-state index < -0.39 is 17.9 Å². The Balaban J connectivity index is 2.19. The maximum atomic E-state index is 11.7. The molecule has 0 saturated carbocycles. The van der Waals surface area contributed by atoms with E-state index in [9.17, 15) is 14.4 Å². The van der Waals surface area contributed by atoms with Crippen LogP contribution in [0.25, 0.3) is 0 Å². The van der Waals surface area contributed by atoms with Gasteiger partial charge < -0.3 is 22.1 Å². The normalized spacial score (nSPS) is 19.0. The number of nitrogens with one attached hydrogen (secondary N) is 3. The summed E-state index contributed by atoms with van der Waals surface area (Å²) in [5.74, 6) is -1.27. The fourth-order valence-corrected chi connectivity index (χ4v) is 2.12. The van der Waals surface area contributed by atoms with Crippen molar-refractivity contribution in [1.82, 2.24) is 16.0 Å². The number of carbonyl (C=O) groups excluding carboxylic acids is 3. The van der Waals surface area contributed by atoms with E-state index in [4.69, 9.17) is 11.5 Å². The van der Waals surface area contributed by atoms with E-state index >= 15 is 0 Å². The summed E-state index contributed by atoms with van der Waals surface area (Å²) in [6.07, 6.45) is 3.74. The molecule has 0 aromatic rings. The van der Waals surface area contributed by atoms with Crippen LogP contribution in [-0.2, 0) is 14.4 Å². The Kier molecular flexibility index (Phi) is 7.88. The van der Waals surface area contributed by atoms with Crippen molar-refractivity contribution < 1.29 is 14.4 Å². The molecule has 8 nitrogen and oxygen atoms in total. The molecule has 21 heavy (non-hydrogen) atoms. The van der Waals surface area contributed by atoms with E-state index in [0.717, 1.165) is 32.2 Å². The first-order valence-electron chi connectivity index (χ1n) is 7.35. The van der Waals surface area contributed by atoms with Crippen LogP contribution in [-0.4, -0.2) is 49.4 Å². The maximum absolute atomic E-state index is 11.7. The molecule has 0 aromatic heterocycles. The average Bonchev–Trinajstić information content (AvgIpc) is 2.99. The first-order chi connectivity index (χ1) is 10.0. The van der Waals surface area contributed by atoms with Crippen molar-refractivity contribution in [3.05, 3.63) is 0 Å². The van der Waals surface area contributed by atoms with Crippen molar-refractivity contribution in [2.24, 2.45) is 11.5 Å². The molecule has 120 valence electrons. The van der Waals surface area contributed by atoms with Gasteiger partial charge in [0.25, 0.3) is 0 Å². The van der Waals surface area contributed by atoms with Crippen molar-refractivity contribution >= 4 is 17.7 Å². The Morgan fingerprint density at radius 2 is 2.05 bits per heavy atom. The van der Waals surface area contributed by atoms with Crippen molar-refractivity contribution in [2.75, 3.05) is 19.6 Å². The van der Waals surface area contributed by atoms with Crippen molar-refractivity contribution in [3.63, 3.8) is 0 Å². The van der Waals surface area contributed by atoms with Crippen LogP contribution in [0.3, 0.4) is 0 Å². The SMILES string of the molecule is NCCCC[C@H](N)C(=O)NCC(=O)NC(=O)[C@H]1CCCN1. The molecule has 0 unspecified atom stereocenters. The maximum Gasteiger partial charge on any atom is 0.245 e. The summed E-state index contributed by atoms with van der Waals surface area (Å²) in [6, 6.07) is -0.972. The summed E-state index contributed by atoms with van der Waals surface area (Å²) >= 11 is 0. The standard InChI is InChI=1S/C13H25N5O3/c14-6-2-1-4-9(15)12(20)17-8-11(19)18-13(21)10-5-3-7-16-10/h9-10,16H,1-8,14-15H2,(H,17,20)(H,18,19,21)/t9-,10+/m0/s1. The van der Waals surface area contributed by atoms with Crippen LogP contribution >= 0.6 is 0 Å². The van der Waals surface area contributed by atoms with Crippen LogP contribution in [0, 0.1) is 0 Å². The molecule has 1 aliphatic heterocycles. The van der Waals surface area contributed by atoms with Gasteiger partial charge in [-0.2, -0.15) is 0 Å². The minimum absolute atomic E-state index is 0.248. The molecule has 1 saturated heterocycles. The Labute approximate surface area is 124 Å². The number of amides is 3. The summed E-state index contributed by atoms with van der Waals surface area (Å²) < 4.78 is 0. The van der Waals surface area contributed by atoms with Crippen molar-refractivity contribution in [1.29, 1.82) is 0 Å². The number of hydrogen-bond donors (Lipinski definition) is 5. The zero-order valence-corrected chi connectivity index (χ0v) is 12.2. The van der Waals surface area contributed by atoms with Crippen LogP contribution in [0.5, 0.6) is 0 Å². The Morgan fingerprint density at radius 1 is 1.29 bits per heavy atom. The molecule has 2 atom stereocenters. The predicted octanol–water partition coefficient (Wildman–Crippen LogP) is -2.05. The Hall–Kier alpha value is -1.51. The highest BCUT2D eigenvalue weighted by atomic mass is 16.2. The van der Waals surface area contributed by atoms with Crippen LogP contribution in [0.1, 0.15) is 32.1 Å². The van der Waals surface area contributed by atoms with Gasteiger partial charge in [-0.05, 0) is 38.8 Å². The lowest BCUT2D eigenvalue weighted by molar-refractivity contribution is -0.132. The fraction of sp³-hybridized carbons (Fsp3) is 0.769. The Morgan fingerprint density at radius 3 is 2.67 bits per heavy atom. The summed E-state index contributed by atoms with van der Waals surface area (Å²) in [7, 11) is 0. The smallest absolute Gasteiger partial charge is 0.245 e. The summed E-state index contributed by atoms with van der Waals surface area (Å²) in [5, 5.41) is 7.67. The average molecular weight is 299 g/mol. The fourth-order valence-electron chi connectivity index (χ4n) is 2.12. The first kappa shape index (κ1) is 17.5. The molecule has 0 aromatic carbocycles. The zero-order valence-electron chi connectivity index (χ0n) is 12.2. The lowest BCUT2D eigenvalue weighted by Crippen LogP contribution is -2.49. The van der Waals surface area contributed by atoms with E-state index in [0.29, 0.717) is 13.0 Å².